The summed E-state index contributed by atoms with van der Waals surface area (Å²) >= 11 is 0. The topological polar surface area (TPSA) is 85.4 Å². The van der Waals surface area contributed by atoms with Gasteiger partial charge in [0.25, 0.3) is 0 Å². The molecule has 0 spiro atoms. The molecule has 4 aromatic rings. The number of anilines is 1. The van der Waals surface area contributed by atoms with E-state index < -0.39 is 6.67 Å². The molecule has 6 rings (SSSR count). The maximum atomic E-state index is 13.0. The summed E-state index contributed by atoms with van der Waals surface area (Å²) in [6.07, 6.45) is 8.41. The van der Waals surface area contributed by atoms with Gasteiger partial charge < -0.3 is 14.6 Å². The number of alkyl halides is 1. The van der Waals surface area contributed by atoms with Gasteiger partial charge in [-0.3, -0.25) is 4.90 Å². The van der Waals surface area contributed by atoms with Crippen LogP contribution in [0.25, 0.3) is 27.9 Å². The average Bonchev–Trinajstić information content (AvgIpc) is 3.45. The highest BCUT2D eigenvalue weighted by Gasteiger charge is 2.27. The maximum Gasteiger partial charge on any atom is 0.241 e. The zero-order valence-electron chi connectivity index (χ0n) is 20.0. The minimum absolute atomic E-state index is 0.252. The van der Waals surface area contributed by atoms with Crippen LogP contribution in [0.2, 0.25) is 0 Å². The number of aryl methyl sites for hydroxylation is 2. The van der Waals surface area contributed by atoms with Crippen LogP contribution >= 0.6 is 0 Å². The number of halogens is 1. The fourth-order valence-corrected chi connectivity index (χ4v) is 5.51. The lowest BCUT2D eigenvalue weighted by atomic mass is 9.90. The number of aromatic nitrogens is 6. The molecule has 0 atom stereocenters. The molecule has 2 aliphatic rings. The van der Waals surface area contributed by atoms with Crippen molar-refractivity contribution in [3.05, 3.63) is 36.4 Å². The number of nitrogens with one attached hydrogen (secondary N) is 1. The zero-order chi connectivity index (χ0) is 23.8. The first kappa shape index (κ1) is 22.4. The highest BCUT2D eigenvalue weighted by Crippen LogP contribution is 2.28. The van der Waals surface area contributed by atoms with E-state index in [1.807, 2.05) is 46.6 Å². The number of hydrogen-bond donors (Lipinski definition) is 1. The SMILES string of the molecule is Cc1nc2ccc(-c3ccn4nc(NC5CCC(N6CCOCC6)CC5)ncc34)nc2n1CCF. The Kier molecular flexibility index (Phi) is 6.07. The fourth-order valence-electron chi connectivity index (χ4n) is 5.51. The van der Waals surface area contributed by atoms with Crippen LogP contribution in [0.1, 0.15) is 31.5 Å². The number of pyridine rings is 1. The van der Waals surface area contributed by atoms with Crippen LogP contribution in [-0.4, -0.2) is 79.1 Å². The van der Waals surface area contributed by atoms with Crippen molar-refractivity contribution in [1.82, 2.24) is 34.0 Å². The summed E-state index contributed by atoms with van der Waals surface area (Å²) in [6, 6.07) is 6.94. The molecular weight excluding hydrogens is 447 g/mol. The van der Waals surface area contributed by atoms with Crippen LogP contribution in [0.3, 0.4) is 0 Å². The Bertz CT molecular complexity index is 1320. The van der Waals surface area contributed by atoms with Gasteiger partial charge in [-0.25, -0.2) is 23.9 Å². The van der Waals surface area contributed by atoms with Crippen molar-refractivity contribution in [2.75, 3.05) is 38.3 Å². The van der Waals surface area contributed by atoms with Gasteiger partial charge in [-0.1, -0.05) is 0 Å². The third-order valence-corrected chi connectivity index (χ3v) is 7.38. The summed E-state index contributed by atoms with van der Waals surface area (Å²) in [4.78, 5) is 16.5. The van der Waals surface area contributed by atoms with E-state index in [0.29, 0.717) is 23.7 Å². The van der Waals surface area contributed by atoms with E-state index in [-0.39, 0.29) is 6.54 Å². The molecule has 1 aliphatic heterocycles. The van der Waals surface area contributed by atoms with Gasteiger partial charge >= 0.3 is 0 Å². The summed E-state index contributed by atoms with van der Waals surface area (Å²) in [5.41, 5.74) is 4.09. The number of ether oxygens (including phenoxy) is 1. The first-order valence-corrected chi connectivity index (χ1v) is 12.5. The molecule has 1 saturated heterocycles. The van der Waals surface area contributed by atoms with E-state index in [4.69, 9.17) is 14.8 Å². The predicted molar refractivity (Wildman–Crippen MR) is 132 cm³/mol. The van der Waals surface area contributed by atoms with E-state index in [0.717, 1.165) is 67.3 Å². The quantitative estimate of drug-likeness (QED) is 0.454. The molecule has 4 aromatic heterocycles. The summed E-state index contributed by atoms with van der Waals surface area (Å²) < 4.78 is 22.2. The monoisotopic (exact) mass is 478 g/mol. The Hall–Kier alpha value is -3.11. The molecule has 1 N–H and O–H groups in total. The molecule has 35 heavy (non-hydrogen) atoms. The smallest absolute Gasteiger partial charge is 0.241 e. The molecular formula is C25H31FN8O. The highest BCUT2D eigenvalue weighted by molar-refractivity contribution is 5.82. The Labute approximate surface area is 203 Å². The molecule has 184 valence electrons. The molecule has 0 bridgehead atoms. The van der Waals surface area contributed by atoms with Crippen LogP contribution in [-0.2, 0) is 11.3 Å². The number of imidazole rings is 1. The number of rotatable bonds is 6. The average molecular weight is 479 g/mol. The molecule has 10 heteroatoms. The summed E-state index contributed by atoms with van der Waals surface area (Å²) in [5, 5.41) is 8.26. The van der Waals surface area contributed by atoms with Crippen molar-refractivity contribution >= 4 is 22.6 Å². The minimum Gasteiger partial charge on any atom is -0.379 e. The Morgan fingerprint density at radius 2 is 1.91 bits per heavy atom. The second kappa shape index (κ2) is 9.50. The number of nitrogens with zero attached hydrogens (tertiary/aromatic N) is 7. The van der Waals surface area contributed by atoms with E-state index in [1.165, 1.54) is 12.8 Å². The first-order chi connectivity index (χ1) is 17.2. The normalized spacial score (nSPS) is 21.7. The largest absolute Gasteiger partial charge is 0.379 e. The van der Waals surface area contributed by atoms with Crippen molar-refractivity contribution in [3.63, 3.8) is 0 Å². The van der Waals surface area contributed by atoms with Gasteiger partial charge in [-0.15, -0.1) is 5.10 Å². The van der Waals surface area contributed by atoms with E-state index in [9.17, 15) is 4.39 Å². The van der Waals surface area contributed by atoms with Gasteiger partial charge in [0, 0.05) is 36.9 Å². The van der Waals surface area contributed by atoms with Gasteiger partial charge in [0.1, 0.15) is 18.0 Å². The fraction of sp³-hybridized carbons (Fsp3) is 0.520. The standard InChI is InChI=1S/C25H31FN8O/c1-17-28-22-7-6-21(30-24(22)33(17)11-9-26)20-8-10-34-23(20)16-27-25(31-34)29-18-2-4-19(5-3-18)32-12-14-35-15-13-32/h6-8,10,16,18-19H,2-5,9,11-15H2,1H3,(H,29,31). The summed E-state index contributed by atoms with van der Waals surface area (Å²) in [5.74, 6) is 1.41. The second-order valence-corrected chi connectivity index (χ2v) is 9.48. The van der Waals surface area contributed by atoms with Crippen molar-refractivity contribution in [2.45, 2.75) is 51.2 Å². The zero-order valence-corrected chi connectivity index (χ0v) is 20.0. The van der Waals surface area contributed by atoms with Gasteiger partial charge in [0.15, 0.2) is 5.65 Å². The lowest BCUT2D eigenvalue weighted by Crippen LogP contribution is -2.46. The molecule has 0 unspecified atom stereocenters. The van der Waals surface area contributed by atoms with Crippen molar-refractivity contribution < 1.29 is 9.13 Å². The van der Waals surface area contributed by atoms with E-state index in [1.54, 1.807) is 0 Å². The lowest BCUT2D eigenvalue weighted by Gasteiger charge is -2.38. The molecule has 1 saturated carbocycles. The second-order valence-electron chi connectivity index (χ2n) is 9.48. The first-order valence-electron chi connectivity index (χ1n) is 12.5. The maximum absolute atomic E-state index is 13.0. The van der Waals surface area contributed by atoms with Crippen LogP contribution in [0.15, 0.2) is 30.6 Å². The van der Waals surface area contributed by atoms with Crippen LogP contribution < -0.4 is 5.32 Å². The highest BCUT2D eigenvalue weighted by atomic mass is 19.1. The van der Waals surface area contributed by atoms with Crippen LogP contribution in [0, 0.1) is 6.92 Å². The Morgan fingerprint density at radius 1 is 1.09 bits per heavy atom. The molecule has 1 aliphatic carbocycles. The van der Waals surface area contributed by atoms with Gasteiger partial charge in [-0.05, 0) is 50.8 Å². The van der Waals surface area contributed by atoms with Crippen molar-refractivity contribution in [1.29, 1.82) is 0 Å². The predicted octanol–water partition coefficient (Wildman–Crippen LogP) is 3.47. The third kappa shape index (κ3) is 4.36. The van der Waals surface area contributed by atoms with Gasteiger partial charge in [-0.2, -0.15) is 0 Å². The molecule has 2 fully saturated rings. The molecule has 0 amide bonds. The van der Waals surface area contributed by atoms with Crippen LogP contribution in [0.4, 0.5) is 10.3 Å². The molecule has 5 heterocycles. The van der Waals surface area contributed by atoms with Gasteiger partial charge in [0.2, 0.25) is 5.95 Å². The summed E-state index contributed by atoms with van der Waals surface area (Å²) in [6.45, 7) is 5.50. The summed E-state index contributed by atoms with van der Waals surface area (Å²) in [7, 11) is 0. The van der Waals surface area contributed by atoms with Crippen molar-refractivity contribution in [3.8, 4) is 11.3 Å². The van der Waals surface area contributed by atoms with Gasteiger partial charge in [0.05, 0.1) is 37.2 Å². The molecule has 9 nitrogen and oxygen atoms in total. The number of hydrogen-bond acceptors (Lipinski definition) is 7. The molecule has 0 radical (unpaired) electrons. The minimum atomic E-state index is -0.453. The third-order valence-electron chi connectivity index (χ3n) is 7.38. The Balaban J connectivity index is 1.17. The van der Waals surface area contributed by atoms with E-state index >= 15 is 0 Å². The number of fused-ring (bicyclic) bond motifs is 2. The van der Waals surface area contributed by atoms with E-state index in [2.05, 4.69) is 20.2 Å². The molecule has 0 aromatic carbocycles. The van der Waals surface area contributed by atoms with Crippen molar-refractivity contribution in [2.24, 2.45) is 0 Å². The van der Waals surface area contributed by atoms with Crippen LogP contribution in [0.5, 0.6) is 0 Å². The number of morpholine rings is 1. The Morgan fingerprint density at radius 3 is 2.71 bits per heavy atom. The lowest BCUT2D eigenvalue weighted by molar-refractivity contribution is 0.00790.